The van der Waals surface area contributed by atoms with Gasteiger partial charge in [-0.1, -0.05) is 103 Å². The van der Waals surface area contributed by atoms with Crippen LogP contribution in [-0.4, -0.2) is 24.5 Å². The number of aryl methyl sites for hydroxylation is 1. The summed E-state index contributed by atoms with van der Waals surface area (Å²) in [5.41, 5.74) is 8.15. The fourth-order valence-electron chi connectivity index (χ4n) is 4.88. The number of fused-ring (bicyclic) bond motifs is 1. The van der Waals surface area contributed by atoms with Crippen molar-refractivity contribution in [2.24, 2.45) is 0 Å². The highest BCUT2D eigenvalue weighted by Gasteiger charge is 2.16. The van der Waals surface area contributed by atoms with Crippen LogP contribution in [0.5, 0.6) is 0 Å². The molecular weight excluding hydrogens is 490 g/mol. The summed E-state index contributed by atoms with van der Waals surface area (Å²) in [7, 11) is 0. The Morgan fingerprint density at radius 3 is 1.48 bits per heavy atom. The van der Waals surface area contributed by atoms with Gasteiger partial charge >= 0.3 is 0 Å². The second-order valence-electron chi connectivity index (χ2n) is 9.71. The summed E-state index contributed by atoms with van der Waals surface area (Å²) in [6.45, 7) is 2.10. The van der Waals surface area contributed by atoms with E-state index < -0.39 is 0 Å². The van der Waals surface area contributed by atoms with Gasteiger partial charge in [0.1, 0.15) is 5.82 Å². The fourth-order valence-corrected chi connectivity index (χ4v) is 4.88. The van der Waals surface area contributed by atoms with Crippen LogP contribution < -0.4 is 0 Å². The summed E-state index contributed by atoms with van der Waals surface area (Å²) in [5.74, 6) is 2.84. The predicted octanol–water partition coefficient (Wildman–Crippen LogP) is 8.19. The average Bonchev–Trinajstić information content (AvgIpc) is 3.42. The summed E-state index contributed by atoms with van der Waals surface area (Å²) in [5, 5.41) is 0. The molecule has 5 nitrogen and oxygen atoms in total. The summed E-state index contributed by atoms with van der Waals surface area (Å²) < 4.78 is 2.21. The van der Waals surface area contributed by atoms with Gasteiger partial charge in [0.15, 0.2) is 17.5 Å². The minimum absolute atomic E-state index is 0.633. The number of rotatable bonds is 5. The van der Waals surface area contributed by atoms with Gasteiger partial charge in [-0.15, -0.1) is 0 Å². The lowest BCUT2D eigenvalue weighted by molar-refractivity contribution is 1.07. The molecule has 190 valence electrons. The lowest BCUT2D eigenvalue weighted by Gasteiger charge is -2.12. The molecule has 0 aliphatic heterocycles. The van der Waals surface area contributed by atoms with Crippen molar-refractivity contribution in [1.29, 1.82) is 0 Å². The third-order valence-electron chi connectivity index (χ3n) is 6.95. The van der Waals surface area contributed by atoms with Gasteiger partial charge in [0.2, 0.25) is 0 Å². The van der Waals surface area contributed by atoms with Crippen molar-refractivity contribution in [3.05, 3.63) is 139 Å². The van der Waals surface area contributed by atoms with Crippen LogP contribution in [0.2, 0.25) is 0 Å². The van der Waals surface area contributed by atoms with Crippen LogP contribution in [0.4, 0.5) is 0 Å². The Bertz CT molecular complexity index is 1870. The van der Waals surface area contributed by atoms with Crippen LogP contribution >= 0.6 is 0 Å². The smallest absolute Gasteiger partial charge is 0.164 e. The second-order valence-corrected chi connectivity index (χ2v) is 9.71. The maximum atomic E-state index is 4.99. The van der Waals surface area contributed by atoms with Crippen molar-refractivity contribution in [3.63, 3.8) is 0 Å². The van der Waals surface area contributed by atoms with Gasteiger partial charge in [-0.3, -0.25) is 4.57 Å². The molecule has 5 heteroatoms. The molecule has 0 saturated carbocycles. The molecule has 0 aliphatic rings. The van der Waals surface area contributed by atoms with Gasteiger partial charge in [0.05, 0.1) is 11.0 Å². The van der Waals surface area contributed by atoms with Gasteiger partial charge in [-0.25, -0.2) is 19.9 Å². The monoisotopic (exact) mass is 515 g/mol. The Morgan fingerprint density at radius 2 is 0.900 bits per heavy atom. The molecule has 0 atom stereocenters. The topological polar surface area (TPSA) is 56.5 Å². The number of hydrogen-bond acceptors (Lipinski definition) is 4. The van der Waals surface area contributed by atoms with Gasteiger partial charge in [-0.05, 0) is 43.3 Å². The van der Waals surface area contributed by atoms with Gasteiger partial charge < -0.3 is 0 Å². The largest absolute Gasteiger partial charge is 0.292 e. The predicted molar refractivity (Wildman–Crippen MR) is 161 cm³/mol. The molecule has 0 amide bonds. The van der Waals surface area contributed by atoms with Crippen molar-refractivity contribution < 1.29 is 0 Å². The Kier molecular flexibility index (Phi) is 5.94. The van der Waals surface area contributed by atoms with Crippen molar-refractivity contribution in [3.8, 4) is 51.2 Å². The molecule has 0 bridgehead atoms. The first-order valence-corrected chi connectivity index (χ1v) is 13.3. The summed E-state index contributed by atoms with van der Waals surface area (Å²) in [6.07, 6.45) is 0. The van der Waals surface area contributed by atoms with Crippen LogP contribution in [0.1, 0.15) is 5.56 Å². The Balaban J connectivity index is 1.35. The lowest BCUT2D eigenvalue weighted by Crippen LogP contribution is -2.01. The summed E-state index contributed by atoms with van der Waals surface area (Å²) >= 11 is 0. The molecule has 0 saturated heterocycles. The van der Waals surface area contributed by atoms with Gasteiger partial charge in [-0.2, -0.15) is 0 Å². The molecule has 7 rings (SSSR count). The number of hydrogen-bond donors (Lipinski definition) is 0. The molecule has 0 aliphatic carbocycles. The summed E-state index contributed by atoms with van der Waals surface area (Å²) in [6, 6.07) is 45.2. The first-order valence-electron chi connectivity index (χ1n) is 13.3. The second kappa shape index (κ2) is 10.0. The van der Waals surface area contributed by atoms with Crippen molar-refractivity contribution in [2.75, 3.05) is 0 Å². The zero-order valence-corrected chi connectivity index (χ0v) is 21.9. The van der Waals surface area contributed by atoms with Crippen LogP contribution in [0.15, 0.2) is 133 Å². The molecule has 2 heterocycles. The number of nitrogens with zero attached hydrogens (tertiary/aromatic N) is 5. The minimum atomic E-state index is 0.633. The van der Waals surface area contributed by atoms with Crippen molar-refractivity contribution in [1.82, 2.24) is 24.5 Å². The van der Waals surface area contributed by atoms with E-state index in [0.29, 0.717) is 17.5 Å². The molecule has 0 N–H and O–H groups in total. The highest BCUT2D eigenvalue weighted by Crippen LogP contribution is 2.30. The fraction of sp³-hybridized carbons (Fsp3) is 0.0286. The van der Waals surface area contributed by atoms with Crippen LogP contribution in [0.3, 0.4) is 0 Å². The molecule has 0 fully saturated rings. The maximum absolute atomic E-state index is 4.99. The van der Waals surface area contributed by atoms with E-state index in [-0.39, 0.29) is 0 Å². The first kappa shape index (κ1) is 23.7. The number of aromatic nitrogens is 5. The molecule has 40 heavy (non-hydrogen) atoms. The van der Waals surface area contributed by atoms with E-state index in [1.165, 1.54) is 5.56 Å². The molecule has 7 aromatic rings. The standard InChI is InChI=1S/C35H25N5/c1-24-16-18-28(19-17-24)35-36-30-14-8-9-15-31(30)40(35)29-22-20-27(21-23-29)34-38-32(25-10-4-2-5-11-25)37-33(39-34)26-12-6-3-7-13-26/h2-23H,1H3. The van der Waals surface area contributed by atoms with Crippen molar-refractivity contribution in [2.45, 2.75) is 6.92 Å². The quantitative estimate of drug-likeness (QED) is 0.232. The molecule has 0 spiro atoms. The normalized spacial score (nSPS) is 11.1. The van der Waals surface area contributed by atoms with E-state index in [0.717, 1.165) is 44.8 Å². The minimum Gasteiger partial charge on any atom is -0.292 e. The van der Waals surface area contributed by atoms with E-state index in [9.17, 15) is 0 Å². The van der Waals surface area contributed by atoms with Crippen LogP contribution in [0.25, 0.3) is 62.3 Å². The Labute approximate surface area is 232 Å². The van der Waals surface area contributed by atoms with Crippen molar-refractivity contribution >= 4 is 11.0 Å². The zero-order valence-electron chi connectivity index (χ0n) is 21.9. The highest BCUT2D eigenvalue weighted by atomic mass is 15.1. The third-order valence-corrected chi connectivity index (χ3v) is 6.95. The van der Waals surface area contributed by atoms with E-state index in [2.05, 4.69) is 78.2 Å². The Hall–Kier alpha value is -5.42. The number of benzene rings is 5. The molecule has 0 radical (unpaired) electrons. The maximum Gasteiger partial charge on any atom is 0.164 e. The third kappa shape index (κ3) is 4.44. The van der Waals surface area contributed by atoms with E-state index >= 15 is 0 Å². The number of imidazole rings is 1. The molecule has 0 unspecified atom stereocenters. The van der Waals surface area contributed by atoms with Crippen LogP contribution in [0, 0.1) is 6.92 Å². The van der Waals surface area contributed by atoms with Gasteiger partial charge in [0.25, 0.3) is 0 Å². The van der Waals surface area contributed by atoms with Crippen LogP contribution in [-0.2, 0) is 0 Å². The average molecular weight is 516 g/mol. The molecular formula is C35H25N5. The zero-order chi connectivity index (χ0) is 26.9. The molecule has 2 aromatic heterocycles. The van der Waals surface area contributed by atoms with E-state index in [1.807, 2.05) is 66.7 Å². The first-order chi connectivity index (χ1) is 19.7. The SMILES string of the molecule is Cc1ccc(-c2nc3ccccc3n2-c2ccc(-c3nc(-c4ccccc4)nc(-c4ccccc4)n3)cc2)cc1. The highest BCUT2D eigenvalue weighted by molar-refractivity contribution is 5.83. The summed E-state index contributed by atoms with van der Waals surface area (Å²) in [4.78, 5) is 19.5. The van der Waals surface area contributed by atoms with E-state index in [1.54, 1.807) is 0 Å². The van der Waals surface area contributed by atoms with Gasteiger partial charge in [0, 0.05) is 27.9 Å². The molecule has 5 aromatic carbocycles. The number of para-hydroxylation sites is 2. The lowest BCUT2D eigenvalue weighted by atomic mass is 10.1. The van der Waals surface area contributed by atoms with E-state index in [4.69, 9.17) is 19.9 Å². The Morgan fingerprint density at radius 1 is 0.425 bits per heavy atom.